The molecule has 2 aromatic heterocycles. The van der Waals surface area contributed by atoms with E-state index in [1.165, 1.54) is 5.56 Å². The molecule has 2 aliphatic heterocycles. The first-order valence-corrected chi connectivity index (χ1v) is 11.2. The van der Waals surface area contributed by atoms with Crippen LogP contribution in [0.15, 0.2) is 46.3 Å². The van der Waals surface area contributed by atoms with Gasteiger partial charge in [-0.15, -0.1) is 11.3 Å². The minimum atomic E-state index is -0.220. The molecule has 1 amide bonds. The molecule has 7 nitrogen and oxygen atoms in total. The van der Waals surface area contributed by atoms with Crippen molar-refractivity contribution in [3.05, 3.63) is 47.3 Å². The molecule has 0 saturated carbocycles. The largest absolute Gasteiger partial charge is 0.368 e. The van der Waals surface area contributed by atoms with E-state index < -0.39 is 0 Å². The van der Waals surface area contributed by atoms with Crippen molar-refractivity contribution in [1.82, 2.24) is 19.9 Å². The molecule has 4 heterocycles. The number of nitrogens with zero attached hydrogens (tertiary/aromatic N) is 4. The zero-order chi connectivity index (χ0) is 20.3. The van der Waals surface area contributed by atoms with Gasteiger partial charge in [-0.1, -0.05) is 29.4 Å². The van der Waals surface area contributed by atoms with Crippen molar-refractivity contribution in [3.63, 3.8) is 0 Å². The van der Waals surface area contributed by atoms with Gasteiger partial charge in [-0.05, 0) is 35.9 Å². The summed E-state index contributed by atoms with van der Waals surface area (Å²) in [4.78, 5) is 22.4. The van der Waals surface area contributed by atoms with E-state index in [0.717, 1.165) is 56.0 Å². The molecule has 2 fully saturated rings. The average Bonchev–Trinajstić information content (AvgIpc) is 3.56. The Bertz CT molecular complexity index is 989. The van der Waals surface area contributed by atoms with E-state index in [1.807, 2.05) is 34.5 Å². The van der Waals surface area contributed by atoms with Crippen LogP contribution in [0.3, 0.4) is 0 Å². The average molecular weight is 425 g/mol. The highest BCUT2D eigenvalue weighted by atomic mass is 32.1. The van der Waals surface area contributed by atoms with Crippen LogP contribution in [0.25, 0.3) is 22.2 Å². The SMILES string of the molecule is O=C(C1CCCO1)N1CCN(Cc2cccc(-c3noc(-c4cccs4)n3)c2)CC1. The molecule has 0 spiro atoms. The van der Waals surface area contributed by atoms with E-state index >= 15 is 0 Å². The highest BCUT2D eigenvalue weighted by Crippen LogP contribution is 2.26. The summed E-state index contributed by atoms with van der Waals surface area (Å²) in [7, 11) is 0. The van der Waals surface area contributed by atoms with Gasteiger partial charge in [0.05, 0.1) is 4.88 Å². The van der Waals surface area contributed by atoms with Crippen molar-refractivity contribution in [2.45, 2.75) is 25.5 Å². The van der Waals surface area contributed by atoms with E-state index in [1.54, 1.807) is 11.3 Å². The molecule has 0 N–H and O–H groups in total. The maximum absolute atomic E-state index is 12.5. The monoisotopic (exact) mass is 424 g/mol. The number of amides is 1. The lowest BCUT2D eigenvalue weighted by Crippen LogP contribution is -2.51. The lowest BCUT2D eigenvalue weighted by atomic mass is 10.1. The van der Waals surface area contributed by atoms with Gasteiger partial charge < -0.3 is 14.2 Å². The number of benzene rings is 1. The maximum atomic E-state index is 12.5. The van der Waals surface area contributed by atoms with Crippen molar-refractivity contribution in [3.8, 4) is 22.2 Å². The van der Waals surface area contributed by atoms with E-state index in [9.17, 15) is 4.79 Å². The minimum absolute atomic E-state index is 0.160. The highest BCUT2D eigenvalue weighted by molar-refractivity contribution is 7.13. The van der Waals surface area contributed by atoms with E-state index in [0.29, 0.717) is 18.3 Å². The van der Waals surface area contributed by atoms with Crippen LogP contribution in [0.4, 0.5) is 0 Å². The number of hydrogen-bond donors (Lipinski definition) is 0. The Morgan fingerprint density at radius 3 is 2.83 bits per heavy atom. The van der Waals surface area contributed by atoms with Crippen LogP contribution in [-0.4, -0.2) is 64.7 Å². The molecule has 30 heavy (non-hydrogen) atoms. The van der Waals surface area contributed by atoms with E-state index in [2.05, 4.69) is 27.2 Å². The second-order valence-electron chi connectivity index (χ2n) is 7.70. The quantitative estimate of drug-likeness (QED) is 0.626. The van der Waals surface area contributed by atoms with Crippen LogP contribution in [0.2, 0.25) is 0 Å². The second kappa shape index (κ2) is 8.67. The number of aromatic nitrogens is 2. The molecule has 0 aliphatic carbocycles. The molecule has 3 aromatic rings. The highest BCUT2D eigenvalue weighted by Gasteiger charge is 2.30. The fraction of sp³-hybridized carbons (Fsp3) is 0.409. The fourth-order valence-electron chi connectivity index (χ4n) is 4.01. The molecular weight excluding hydrogens is 400 g/mol. The first-order chi connectivity index (χ1) is 14.8. The van der Waals surface area contributed by atoms with Crippen molar-refractivity contribution < 1.29 is 14.1 Å². The Morgan fingerprint density at radius 1 is 1.17 bits per heavy atom. The number of carbonyl (C=O) groups is 1. The summed E-state index contributed by atoms with van der Waals surface area (Å²) in [6.07, 6.45) is 1.63. The lowest BCUT2D eigenvalue weighted by molar-refractivity contribution is -0.142. The maximum Gasteiger partial charge on any atom is 0.268 e. The third-order valence-electron chi connectivity index (χ3n) is 5.64. The molecule has 2 aliphatic rings. The van der Waals surface area contributed by atoms with Gasteiger partial charge in [-0.2, -0.15) is 4.98 Å². The minimum Gasteiger partial charge on any atom is -0.368 e. The van der Waals surface area contributed by atoms with Gasteiger partial charge in [0.2, 0.25) is 5.82 Å². The van der Waals surface area contributed by atoms with Gasteiger partial charge in [0.1, 0.15) is 6.10 Å². The Balaban J connectivity index is 1.20. The van der Waals surface area contributed by atoms with Crippen molar-refractivity contribution >= 4 is 17.2 Å². The van der Waals surface area contributed by atoms with Crippen LogP contribution in [0.1, 0.15) is 18.4 Å². The van der Waals surface area contributed by atoms with Crippen LogP contribution >= 0.6 is 11.3 Å². The zero-order valence-corrected chi connectivity index (χ0v) is 17.5. The number of piperazine rings is 1. The third-order valence-corrected chi connectivity index (χ3v) is 6.50. The molecule has 0 radical (unpaired) electrons. The molecular formula is C22H24N4O3S. The first-order valence-electron chi connectivity index (χ1n) is 10.4. The Labute approximate surface area is 179 Å². The van der Waals surface area contributed by atoms with Gasteiger partial charge in [-0.25, -0.2) is 0 Å². The molecule has 0 bridgehead atoms. The smallest absolute Gasteiger partial charge is 0.268 e. The number of thiophene rings is 1. The van der Waals surface area contributed by atoms with Crippen molar-refractivity contribution in [1.29, 1.82) is 0 Å². The van der Waals surface area contributed by atoms with Gasteiger partial charge in [0.25, 0.3) is 11.8 Å². The fourth-order valence-corrected chi connectivity index (χ4v) is 4.66. The summed E-state index contributed by atoms with van der Waals surface area (Å²) in [6, 6.07) is 12.2. The van der Waals surface area contributed by atoms with E-state index in [4.69, 9.17) is 9.26 Å². The molecule has 1 unspecified atom stereocenters. The van der Waals surface area contributed by atoms with Gasteiger partial charge >= 0.3 is 0 Å². The zero-order valence-electron chi connectivity index (χ0n) is 16.7. The summed E-state index contributed by atoms with van der Waals surface area (Å²) in [5.41, 5.74) is 2.15. The standard InChI is InChI=1S/C22H24N4O3S/c27-22(18-6-2-12-28-18)26-10-8-25(9-11-26)15-16-4-1-5-17(14-16)20-23-21(29-24-20)19-7-3-13-30-19/h1,3-5,7,13-14,18H,2,6,8-12,15H2. The lowest BCUT2D eigenvalue weighted by Gasteiger charge is -2.35. The molecule has 2 saturated heterocycles. The Kier molecular flexibility index (Phi) is 5.61. The van der Waals surface area contributed by atoms with Gasteiger partial charge in [0, 0.05) is 44.9 Å². The van der Waals surface area contributed by atoms with Crippen LogP contribution in [-0.2, 0) is 16.1 Å². The Morgan fingerprint density at radius 2 is 2.07 bits per heavy atom. The van der Waals surface area contributed by atoms with Crippen LogP contribution < -0.4 is 0 Å². The number of carbonyl (C=O) groups excluding carboxylic acids is 1. The predicted molar refractivity (Wildman–Crippen MR) is 114 cm³/mol. The van der Waals surface area contributed by atoms with Crippen LogP contribution in [0, 0.1) is 0 Å². The number of rotatable bonds is 5. The molecule has 1 aromatic carbocycles. The first kappa shape index (κ1) is 19.4. The second-order valence-corrected chi connectivity index (χ2v) is 8.65. The van der Waals surface area contributed by atoms with Crippen molar-refractivity contribution in [2.24, 2.45) is 0 Å². The van der Waals surface area contributed by atoms with Gasteiger partial charge in [0.15, 0.2) is 0 Å². The normalized spacial score (nSPS) is 20.0. The van der Waals surface area contributed by atoms with Crippen molar-refractivity contribution in [2.75, 3.05) is 32.8 Å². The molecule has 1 atom stereocenters. The summed E-state index contributed by atoms with van der Waals surface area (Å²) in [5.74, 6) is 1.32. The summed E-state index contributed by atoms with van der Waals surface area (Å²) in [6.45, 7) is 4.80. The summed E-state index contributed by atoms with van der Waals surface area (Å²) in [5, 5.41) is 6.14. The van der Waals surface area contributed by atoms with E-state index in [-0.39, 0.29) is 12.0 Å². The summed E-state index contributed by atoms with van der Waals surface area (Å²) >= 11 is 1.58. The summed E-state index contributed by atoms with van der Waals surface area (Å²) < 4.78 is 11.0. The van der Waals surface area contributed by atoms with Crippen LogP contribution in [0.5, 0.6) is 0 Å². The molecule has 156 valence electrons. The molecule has 8 heteroatoms. The van der Waals surface area contributed by atoms with Gasteiger partial charge in [-0.3, -0.25) is 9.69 Å². The predicted octanol–water partition coefficient (Wildman–Crippen LogP) is 3.29. The molecule has 5 rings (SSSR count). The Hall–Kier alpha value is -2.55. The number of hydrogen-bond acceptors (Lipinski definition) is 7. The number of ether oxygens (including phenoxy) is 1. The topological polar surface area (TPSA) is 71.7 Å². The third kappa shape index (κ3) is 4.16.